The molecule has 0 saturated carbocycles. The second-order valence-electron chi connectivity index (χ2n) is 7.28. The Kier molecular flexibility index (Phi) is 9.21. The lowest BCUT2D eigenvalue weighted by Crippen LogP contribution is -2.36. The second-order valence-corrected chi connectivity index (χ2v) is 7.28. The summed E-state index contributed by atoms with van der Waals surface area (Å²) in [5.74, 6) is -0.0266. The van der Waals surface area contributed by atoms with Crippen molar-refractivity contribution < 1.29 is 28.6 Å². The molecule has 29 heavy (non-hydrogen) atoms. The molecule has 2 N–H and O–H groups in total. The summed E-state index contributed by atoms with van der Waals surface area (Å²) >= 11 is 0. The van der Waals surface area contributed by atoms with E-state index in [0.717, 1.165) is 13.1 Å². The van der Waals surface area contributed by atoms with Gasteiger partial charge in [-0.3, -0.25) is 4.79 Å². The van der Waals surface area contributed by atoms with Crippen molar-refractivity contribution in [3.63, 3.8) is 0 Å². The molecule has 1 aromatic rings. The zero-order chi connectivity index (χ0) is 21.2. The Labute approximate surface area is 172 Å². The van der Waals surface area contributed by atoms with E-state index in [0.29, 0.717) is 55.1 Å². The van der Waals surface area contributed by atoms with E-state index >= 15 is 0 Å². The Balaban J connectivity index is 2.14. The zero-order valence-corrected chi connectivity index (χ0v) is 17.7. The van der Waals surface area contributed by atoms with Gasteiger partial charge in [-0.2, -0.15) is 5.48 Å². The number of carbonyl (C=O) groups excluding carboxylic acids is 2. The van der Waals surface area contributed by atoms with Crippen molar-refractivity contribution in [3.05, 3.63) is 23.3 Å². The van der Waals surface area contributed by atoms with Crippen molar-refractivity contribution >= 4 is 11.9 Å². The molecule has 1 aliphatic rings. The lowest BCUT2D eigenvalue weighted by atomic mass is 9.95. The van der Waals surface area contributed by atoms with E-state index < -0.39 is 11.9 Å². The molecular formula is C21H32N2O6. The van der Waals surface area contributed by atoms with E-state index in [1.807, 2.05) is 13.8 Å². The number of rotatable bonds is 9. The van der Waals surface area contributed by atoms with Crippen molar-refractivity contribution in [2.45, 2.75) is 39.0 Å². The van der Waals surface area contributed by atoms with Crippen molar-refractivity contribution in [3.8, 4) is 11.5 Å². The minimum Gasteiger partial charge on any atom is -0.493 e. The van der Waals surface area contributed by atoms with Crippen LogP contribution in [0.3, 0.4) is 0 Å². The maximum absolute atomic E-state index is 12.8. The van der Waals surface area contributed by atoms with Crippen LogP contribution in [0.25, 0.3) is 0 Å². The lowest BCUT2D eigenvalue weighted by molar-refractivity contribution is -0.154. The predicted molar refractivity (Wildman–Crippen MR) is 108 cm³/mol. The number of carbonyl (C=O) groups is 2. The van der Waals surface area contributed by atoms with Crippen LogP contribution < -0.4 is 20.3 Å². The van der Waals surface area contributed by atoms with Crippen molar-refractivity contribution in [2.75, 3.05) is 40.5 Å². The van der Waals surface area contributed by atoms with Crippen LogP contribution in [0.4, 0.5) is 0 Å². The molecule has 1 fully saturated rings. The number of methoxy groups -OCH3 is 2. The zero-order valence-electron chi connectivity index (χ0n) is 17.7. The number of piperidine rings is 1. The third kappa shape index (κ3) is 6.33. The number of ether oxygens (including phenoxy) is 3. The second kappa shape index (κ2) is 11.6. The predicted octanol–water partition coefficient (Wildman–Crippen LogP) is 2.42. The van der Waals surface area contributed by atoms with Gasteiger partial charge in [0.15, 0.2) is 11.5 Å². The molecule has 0 bridgehead atoms. The Morgan fingerprint density at radius 1 is 1.17 bits per heavy atom. The first-order valence-corrected chi connectivity index (χ1v) is 10.0. The Bertz CT molecular complexity index is 686. The lowest BCUT2D eigenvalue weighted by Gasteiger charge is -2.22. The average molecular weight is 408 g/mol. The van der Waals surface area contributed by atoms with Crippen LogP contribution in [0.1, 0.15) is 54.9 Å². The topological polar surface area (TPSA) is 95.1 Å². The van der Waals surface area contributed by atoms with Crippen molar-refractivity contribution in [2.24, 2.45) is 5.92 Å². The van der Waals surface area contributed by atoms with E-state index in [9.17, 15) is 9.59 Å². The maximum atomic E-state index is 12.8. The SMILES string of the molecule is COCCCOc1c(OC)ccc(C(=O)NOC(=O)C2CCNCC2)c1C(C)C. The Hall–Kier alpha value is -2.32. The van der Waals surface area contributed by atoms with Gasteiger partial charge in [0.1, 0.15) is 0 Å². The molecule has 1 heterocycles. The fourth-order valence-corrected chi connectivity index (χ4v) is 3.33. The molecule has 8 heteroatoms. The molecule has 0 unspecified atom stereocenters. The fraction of sp³-hybridized carbons (Fsp3) is 0.619. The van der Waals surface area contributed by atoms with Gasteiger partial charge in [0.25, 0.3) is 5.91 Å². The first-order chi connectivity index (χ1) is 14.0. The number of hydrogen-bond donors (Lipinski definition) is 2. The highest BCUT2D eigenvalue weighted by atomic mass is 16.7. The molecule has 1 saturated heterocycles. The van der Waals surface area contributed by atoms with Crippen LogP contribution in [0.15, 0.2) is 12.1 Å². The van der Waals surface area contributed by atoms with Gasteiger partial charge in [0, 0.05) is 31.3 Å². The number of benzene rings is 1. The Morgan fingerprint density at radius 2 is 1.90 bits per heavy atom. The van der Waals surface area contributed by atoms with Crippen LogP contribution >= 0.6 is 0 Å². The van der Waals surface area contributed by atoms with E-state index in [-0.39, 0.29) is 11.8 Å². The molecule has 2 rings (SSSR count). The molecule has 0 radical (unpaired) electrons. The molecule has 0 aromatic heterocycles. The third-order valence-corrected chi connectivity index (χ3v) is 4.86. The first-order valence-electron chi connectivity index (χ1n) is 10.0. The van der Waals surface area contributed by atoms with E-state index in [1.54, 1.807) is 26.4 Å². The molecule has 0 spiro atoms. The minimum absolute atomic E-state index is 0.0107. The standard InChI is InChI=1S/C21H32N2O6/c1-14(2)18-16(6-7-17(27-4)19(18)28-13-5-12-26-3)20(24)23-29-21(25)15-8-10-22-11-9-15/h6-7,14-15,22H,5,8-13H2,1-4H3,(H,23,24). The van der Waals surface area contributed by atoms with Gasteiger partial charge in [0.05, 0.1) is 19.6 Å². The highest BCUT2D eigenvalue weighted by Crippen LogP contribution is 2.38. The van der Waals surface area contributed by atoms with Crippen LogP contribution in [0, 0.1) is 5.92 Å². The van der Waals surface area contributed by atoms with Crippen molar-refractivity contribution in [1.29, 1.82) is 0 Å². The van der Waals surface area contributed by atoms with Gasteiger partial charge in [-0.25, -0.2) is 4.79 Å². The number of hydroxylamine groups is 1. The molecule has 1 aromatic carbocycles. The summed E-state index contributed by atoms with van der Waals surface area (Å²) in [4.78, 5) is 30.1. The van der Waals surface area contributed by atoms with E-state index in [2.05, 4.69) is 10.8 Å². The van der Waals surface area contributed by atoms with Gasteiger partial charge in [-0.15, -0.1) is 0 Å². The molecule has 1 aliphatic heterocycles. The van der Waals surface area contributed by atoms with E-state index in [1.165, 1.54) is 0 Å². The summed E-state index contributed by atoms with van der Waals surface area (Å²) in [6.45, 7) is 6.48. The third-order valence-electron chi connectivity index (χ3n) is 4.86. The number of amides is 1. The summed E-state index contributed by atoms with van der Waals surface area (Å²) < 4.78 is 16.4. The van der Waals surface area contributed by atoms with Crippen LogP contribution in [0.5, 0.6) is 11.5 Å². The number of hydrogen-bond acceptors (Lipinski definition) is 7. The summed E-state index contributed by atoms with van der Waals surface area (Å²) in [6.07, 6.45) is 2.11. The summed E-state index contributed by atoms with van der Waals surface area (Å²) in [5, 5.41) is 3.19. The van der Waals surface area contributed by atoms with Crippen LogP contribution in [-0.2, 0) is 14.4 Å². The van der Waals surface area contributed by atoms with Gasteiger partial charge in [-0.05, 0) is 44.0 Å². The quantitative estimate of drug-likeness (QED) is 0.479. The van der Waals surface area contributed by atoms with Crippen LogP contribution in [-0.4, -0.2) is 52.4 Å². The monoisotopic (exact) mass is 408 g/mol. The first kappa shape index (κ1) is 23.0. The smallest absolute Gasteiger partial charge is 0.335 e. The molecule has 1 amide bonds. The largest absolute Gasteiger partial charge is 0.493 e. The summed E-state index contributed by atoms with van der Waals surface area (Å²) in [7, 11) is 3.19. The highest BCUT2D eigenvalue weighted by Gasteiger charge is 2.26. The molecule has 8 nitrogen and oxygen atoms in total. The van der Waals surface area contributed by atoms with Crippen molar-refractivity contribution in [1.82, 2.24) is 10.8 Å². The normalized spacial score (nSPS) is 14.5. The van der Waals surface area contributed by atoms with Gasteiger partial charge in [0.2, 0.25) is 0 Å². The minimum atomic E-state index is -0.486. The van der Waals surface area contributed by atoms with E-state index in [4.69, 9.17) is 19.0 Å². The van der Waals surface area contributed by atoms with Crippen LogP contribution in [0.2, 0.25) is 0 Å². The summed E-state index contributed by atoms with van der Waals surface area (Å²) in [5.41, 5.74) is 3.40. The molecule has 162 valence electrons. The highest BCUT2D eigenvalue weighted by molar-refractivity contribution is 5.97. The summed E-state index contributed by atoms with van der Waals surface area (Å²) in [6, 6.07) is 3.34. The van der Waals surface area contributed by atoms with Gasteiger partial charge in [-0.1, -0.05) is 13.8 Å². The maximum Gasteiger partial charge on any atom is 0.335 e. The number of nitrogens with one attached hydrogen (secondary N) is 2. The Morgan fingerprint density at radius 3 is 2.52 bits per heavy atom. The van der Waals surface area contributed by atoms with Gasteiger partial charge >= 0.3 is 5.97 Å². The molecule has 0 atom stereocenters. The average Bonchev–Trinajstić information content (AvgIpc) is 2.74. The molecular weight excluding hydrogens is 376 g/mol. The molecule has 0 aliphatic carbocycles. The fourth-order valence-electron chi connectivity index (χ4n) is 3.33. The van der Waals surface area contributed by atoms with Gasteiger partial charge < -0.3 is 24.4 Å².